The molecule has 1 aromatic carbocycles. The Morgan fingerprint density at radius 3 is 1.88 bits per heavy atom. The zero-order valence-corrected chi connectivity index (χ0v) is 7.86. The molecule has 0 atom stereocenters. The molecule has 0 spiro atoms. The number of benzene rings is 1. The van der Waals surface area contributed by atoms with Crippen molar-refractivity contribution in [3.05, 3.63) is 28.8 Å². The van der Waals surface area contributed by atoms with Crippen LogP contribution < -0.4 is 0 Å². The van der Waals surface area contributed by atoms with E-state index < -0.39 is 34.8 Å². The average molecular weight is 258 g/mol. The fourth-order valence-electron chi connectivity index (χ4n) is 1.23. The highest BCUT2D eigenvalue weighted by Crippen LogP contribution is 2.45. The first-order valence-electron chi connectivity index (χ1n) is 4.04. The summed E-state index contributed by atoms with van der Waals surface area (Å²) >= 11 is 0. The minimum atomic E-state index is -5.41. The molecule has 0 aliphatic rings. The first-order valence-corrected chi connectivity index (χ1v) is 4.04. The van der Waals surface area contributed by atoms with Crippen molar-refractivity contribution >= 4 is 6.29 Å². The van der Waals surface area contributed by atoms with Gasteiger partial charge in [0.2, 0.25) is 0 Å². The van der Waals surface area contributed by atoms with Crippen molar-refractivity contribution in [1.82, 2.24) is 0 Å². The molecule has 17 heavy (non-hydrogen) atoms. The average Bonchev–Trinajstić information content (AvgIpc) is 2.13. The van der Waals surface area contributed by atoms with E-state index in [0.29, 0.717) is 6.07 Å². The molecule has 2 nitrogen and oxygen atoms in total. The van der Waals surface area contributed by atoms with Crippen LogP contribution in [0.1, 0.15) is 21.5 Å². The predicted octanol–water partition coefficient (Wildman–Crippen LogP) is 3.24. The maximum atomic E-state index is 12.4. The molecule has 0 saturated heterocycles. The molecule has 8 heteroatoms. The van der Waals surface area contributed by atoms with E-state index in [4.69, 9.17) is 5.11 Å². The van der Waals surface area contributed by atoms with Gasteiger partial charge in [-0.05, 0) is 12.1 Å². The zero-order chi connectivity index (χ0) is 13.4. The van der Waals surface area contributed by atoms with Crippen LogP contribution in [0.2, 0.25) is 0 Å². The third-order valence-electron chi connectivity index (χ3n) is 1.92. The summed E-state index contributed by atoms with van der Waals surface area (Å²) in [7, 11) is 0. The minimum Gasteiger partial charge on any atom is -0.507 e. The number of hydrogen-bond acceptors (Lipinski definition) is 2. The van der Waals surface area contributed by atoms with E-state index in [-0.39, 0.29) is 12.4 Å². The summed E-state index contributed by atoms with van der Waals surface area (Å²) in [4.78, 5) is 10.3. The Hall–Kier alpha value is -1.73. The Morgan fingerprint density at radius 2 is 1.53 bits per heavy atom. The van der Waals surface area contributed by atoms with Crippen LogP contribution in [0, 0.1) is 0 Å². The van der Waals surface area contributed by atoms with Crippen LogP contribution in [-0.4, -0.2) is 11.4 Å². The topological polar surface area (TPSA) is 37.3 Å². The Bertz CT molecular complexity index is 446. The van der Waals surface area contributed by atoms with Gasteiger partial charge in [-0.1, -0.05) is 0 Å². The highest BCUT2D eigenvalue weighted by atomic mass is 19.4. The third-order valence-corrected chi connectivity index (χ3v) is 1.92. The van der Waals surface area contributed by atoms with Gasteiger partial charge in [0.15, 0.2) is 6.29 Å². The summed E-state index contributed by atoms with van der Waals surface area (Å²) in [6.07, 6.45) is -10.8. The molecule has 0 aromatic heterocycles. The van der Waals surface area contributed by atoms with Gasteiger partial charge in [0.05, 0.1) is 11.1 Å². The molecule has 0 radical (unpaired) electrons. The molecule has 0 amide bonds. The van der Waals surface area contributed by atoms with Gasteiger partial charge in [0.1, 0.15) is 11.3 Å². The van der Waals surface area contributed by atoms with E-state index in [1.54, 1.807) is 0 Å². The number of carbonyl (C=O) groups excluding carboxylic acids is 1. The van der Waals surface area contributed by atoms with Crippen LogP contribution in [-0.2, 0) is 12.4 Å². The normalized spacial score (nSPS) is 12.6. The number of alkyl halides is 6. The monoisotopic (exact) mass is 258 g/mol. The first-order chi connectivity index (χ1) is 7.59. The number of phenols is 1. The SMILES string of the molecule is O=Cc1ccc(C(F)(F)F)c(C(F)(F)F)c1O. The molecule has 0 heterocycles. The molecule has 1 N–H and O–H groups in total. The lowest BCUT2D eigenvalue weighted by Gasteiger charge is -2.17. The van der Waals surface area contributed by atoms with Crippen molar-refractivity contribution in [3.8, 4) is 5.75 Å². The van der Waals surface area contributed by atoms with Crippen LogP contribution in [0.25, 0.3) is 0 Å². The van der Waals surface area contributed by atoms with Crippen molar-refractivity contribution in [2.24, 2.45) is 0 Å². The van der Waals surface area contributed by atoms with Gasteiger partial charge in [0, 0.05) is 0 Å². The summed E-state index contributed by atoms with van der Waals surface area (Å²) < 4.78 is 74.0. The van der Waals surface area contributed by atoms with Crippen molar-refractivity contribution in [1.29, 1.82) is 0 Å². The van der Waals surface area contributed by atoms with Gasteiger partial charge in [-0.25, -0.2) is 0 Å². The van der Waals surface area contributed by atoms with Crippen molar-refractivity contribution in [3.63, 3.8) is 0 Å². The lowest BCUT2D eigenvalue weighted by atomic mass is 10.0. The maximum absolute atomic E-state index is 12.4. The molecule has 0 aliphatic carbocycles. The Balaban J connectivity index is 3.65. The van der Waals surface area contributed by atoms with Gasteiger partial charge in [-0.3, -0.25) is 4.79 Å². The second kappa shape index (κ2) is 3.94. The molecular weight excluding hydrogens is 254 g/mol. The van der Waals surface area contributed by atoms with E-state index in [2.05, 4.69) is 0 Å². The van der Waals surface area contributed by atoms with Crippen LogP contribution in [0.15, 0.2) is 12.1 Å². The second-order valence-electron chi connectivity index (χ2n) is 3.04. The standard InChI is InChI=1S/C9H4F6O2/c10-8(11,12)5-2-1-4(3-16)7(17)6(5)9(13,14)15/h1-3,17H. The first kappa shape index (κ1) is 13.3. The molecule has 94 valence electrons. The van der Waals surface area contributed by atoms with E-state index in [0.717, 1.165) is 0 Å². The summed E-state index contributed by atoms with van der Waals surface area (Å²) in [6.45, 7) is 0. The second-order valence-corrected chi connectivity index (χ2v) is 3.04. The van der Waals surface area contributed by atoms with Gasteiger partial charge < -0.3 is 5.11 Å². The third kappa shape index (κ3) is 2.51. The Kier molecular flexibility index (Phi) is 3.09. The Labute approximate surface area is 90.5 Å². The van der Waals surface area contributed by atoms with Crippen LogP contribution in [0.3, 0.4) is 0 Å². The number of aromatic hydroxyl groups is 1. The van der Waals surface area contributed by atoms with Gasteiger partial charge in [-0.2, -0.15) is 26.3 Å². The smallest absolute Gasteiger partial charge is 0.420 e. The predicted molar refractivity (Wildman–Crippen MR) is 43.5 cm³/mol. The summed E-state index contributed by atoms with van der Waals surface area (Å²) in [6, 6.07) is 0.576. The minimum absolute atomic E-state index is 0.103. The molecule has 0 bridgehead atoms. The number of rotatable bonds is 1. The fraction of sp³-hybridized carbons (Fsp3) is 0.222. The number of carbonyl (C=O) groups is 1. The highest BCUT2D eigenvalue weighted by Gasteiger charge is 2.45. The van der Waals surface area contributed by atoms with E-state index >= 15 is 0 Å². The van der Waals surface area contributed by atoms with Gasteiger partial charge >= 0.3 is 12.4 Å². The number of aldehydes is 1. The van der Waals surface area contributed by atoms with Crippen molar-refractivity contribution < 1.29 is 36.2 Å². The van der Waals surface area contributed by atoms with Gasteiger partial charge in [0.25, 0.3) is 0 Å². The van der Waals surface area contributed by atoms with E-state index in [1.807, 2.05) is 0 Å². The van der Waals surface area contributed by atoms with Crippen molar-refractivity contribution in [2.45, 2.75) is 12.4 Å². The lowest BCUT2D eigenvalue weighted by molar-refractivity contribution is -0.163. The van der Waals surface area contributed by atoms with Crippen LogP contribution >= 0.6 is 0 Å². The largest absolute Gasteiger partial charge is 0.507 e. The molecule has 0 saturated carbocycles. The highest BCUT2D eigenvalue weighted by molar-refractivity contribution is 5.80. The lowest BCUT2D eigenvalue weighted by Crippen LogP contribution is -2.17. The van der Waals surface area contributed by atoms with Gasteiger partial charge in [-0.15, -0.1) is 0 Å². The van der Waals surface area contributed by atoms with Crippen LogP contribution in [0.5, 0.6) is 5.75 Å². The number of phenolic OH excluding ortho intramolecular Hbond substituents is 1. The summed E-state index contributed by atoms with van der Waals surface area (Å²) in [5, 5.41) is 9.02. The van der Waals surface area contributed by atoms with E-state index in [9.17, 15) is 31.1 Å². The van der Waals surface area contributed by atoms with Crippen LogP contribution in [0.4, 0.5) is 26.3 Å². The molecular formula is C9H4F6O2. The Morgan fingerprint density at radius 1 is 1.00 bits per heavy atom. The number of halogens is 6. The molecule has 1 rings (SSSR count). The zero-order valence-electron chi connectivity index (χ0n) is 7.86. The quantitative estimate of drug-likeness (QED) is 0.620. The van der Waals surface area contributed by atoms with E-state index in [1.165, 1.54) is 0 Å². The molecule has 0 aliphatic heterocycles. The molecule has 1 aromatic rings. The summed E-state index contributed by atoms with van der Waals surface area (Å²) in [5.41, 5.74) is -5.15. The molecule has 0 fully saturated rings. The molecule has 0 unspecified atom stereocenters. The maximum Gasteiger partial charge on any atom is 0.420 e. The fourth-order valence-corrected chi connectivity index (χ4v) is 1.23. The van der Waals surface area contributed by atoms with Crippen molar-refractivity contribution in [2.75, 3.05) is 0 Å². The summed E-state index contributed by atoms with van der Waals surface area (Å²) in [5.74, 6) is -1.72. The number of hydrogen-bond donors (Lipinski definition) is 1.